The van der Waals surface area contributed by atoms with Crippen molar-refractivity contribution in [2.75, 3.05) is 18.0 Å². The molecule has 1 atom stereocenters. The normalized spacial score (nSPS) is 25.4. The largest absolute Gasteiger partial charge is 0.490 e. The van der Waals surface area contributed by atoms with Crippen molar-refractivity contribution in [2.45, 2.75) is 56.1 Å². The van der Waals surface area contributed by atoms with Crippen LogP contribution >= 0.6 is 15.9 Å². The lowest BCUT2D eigenvalue weighted by Gasteiger charge is -2.37. The lowest BCUT2D eigenvalue weighted by Crippen LogP contribution is -2.48. The lowest BCUT2D eigenvalue weighted by molar-refractivity contribution is -0.132. The Kier molecular flexibility index (Phi) is 5.72. The molecule has 2 amide bonds. The number of hydrogen-bond donors (Lipinski definition) is 1. The molecule has 0 radical (unpaired) electrons. The molecule has 2 aromatic carbocycles. The molecule has 1 saturated carbocycles. The van der Waals surface area contributed by atoms with Crippen LogP contribution in [0.5, 0.6) is 5.75 Å². The van der Waals surface area contributed by atoms with Crippen molar-refractivity contribution in [1.29, 1.82) is 5.26 Å². The molecule has 1 aromatic heterocycles. The summed E-state index contributed by atoms with van der Waals surface area (Å²) >= 11 is 3.70. The van der Waals surface area contributed by atoms with Crippen LogP contribution in [0.25, 0.3) is 10.9 Å². The first-order valence-corrected chi connectivity index (χ1v) is 13.2. The molecule has 3 aliphatic rings. The van der Waals surface area contributed by atoms with Crippen LogP contribution in [0.1, 0.15) is 44.1 Å². The van der Waals surface area contributed by atoms with Gasteiger partial charge in [0, 0.05) is 27.7 Å². The van der Waals surface area contributed by atoms with Crippen LogP contribution in [0, 0.1) is 11.3 Å². The van der Waals surface area contributed by atoms with Gasteiger partial charge in [-0.1, -0.05) is 22.0 Å². The summed E-state index contributed by atoms with van der Waals surface area (Å²) in [6.07, 6.45) is 6.07. The van der Waals surface area contributed by atoms with Gasteiger partial charge in [-0.05, 0) is 68.9 Å². The van der Waals surface area contributed by atoms with Gasteiger partial charge in [0.25, 0.3) is 0 Å². The SMILES string of the molecule is N#C[C@@H]1CCCN1C(=O)CN1C(=O)C2(CCC(Oc3ccc4[nH]ncc4c3)CC2)c2c(Br)cccc21. The second kappa shape index (κ2) is 8.93. The third-order valence-electron chi connectivity index (χ3n) is 7.93. The van der Waals surface area contributed by atoms with E-state index in [1.165, 1.54) is 0 Å². The number of carbonyl (C=O) groups is 2. The minimum Gasteiger partial charge on any atom is -0.490 e. The van der Waals surface area contributed by atoms with Gasteiger partial charge in [0.15, 0.2) is 0 Å². The van der Waals surface area contributed by atoms with Crippen molar-refractivity contribution >= 4 is 44.3 Å². The predicted molar refractivity (Wildman–Crippen MR) is 137 cm³/mol. The number of fused-ring (bicyclic) bond motifs is 3. The Bertz CT molecular complexity index is 1390. The first kappa shape index (κ1) is 23.0. The first-order chi connectivity index (χ1) is 17.5. The maximum atomic E-state index is 14.0. The molecule has 1 N–H and O–H groups in total. The zero-order chi connectivity index (χ0) is 24.9. The number of nitrogens with zero attached hydrogens (tertiary/aromatic N) is 4. The van der Waals surface area contributed by atoms with Crippen LogP contribution in [0.4, 0.5) is 5.69 Å². The third kappa shape index (κ3) is 3.66. The van der Waals surface area contributed by atoms with E-state index in [1.54, 1.807) is 16.0 Å². The van der Waals surface area contributed by atoms with Crippen LogP contribution in [0.15, 0.2) is 47.1 Å². The van der Waals surface area contributed by atoms with E-state index in [4.69, 9.17) is 4.74 Å². The summed E-state index contributed by atoms with van der Waals surface area (Å²) in [5.74, 6) is 0.611. The fourth-order valence-corrected chi connectivity index (χ4v) is 6.86. The molecule has 184 valence electrons. The number of hydrogen-bond acceptors (Lipinski definition) is 5. The number of ether oxygens (including phenoxy) is 1. The maximum Gasteiger partial charge on any atom is 0.243 e. The fourth-order valence-electron chi connectivity index (χ4n) is 6.12. The Morgan fingerprint density at radius 3 is 2.89 bits per heavy atom. The van der Waals surface area contributed by atoms with Crippen molar-refractivity contribution in [3.63, 3.8) is 0 Å². The monoisotopic (exact) mass is 547 g/mol. The molecule has 36 heavy (non-hydrogen) atoms. The number of nitrogens with one attached hydrogen (secondary N) is 1. The molecule has 2 fully saturated rings. The van der Waals surface area contributed by atoms with Crippen LogP contribution < -0.4 is 9.64 Å². The lowest BCUT2D eigenvalue weighted by atomic mass is 9.69. The quantitative estimate of drug-likeness (QED) is 0.519. The standard InChI is InChI=1S/C27H26BrN5O3/c28-21-4-1-5-23-25(21)27(26(35)33(23)16-24(34)32-12-2-3-18(32)14-29)10-8-19(9-11-27)36-20-6-7-22-17(13-20)15-30-31-22/h1,4-7,13,15,18-19H,2-3,8-12,16H2,(H,30,31)/t18-,19?,27?/m0/s1. The number of benzene rings is 2. The van der Waals surface area contributed by atoms with E-state index >= 15 is 0 Å². The Hall–Kier alpha value is -3.38. The molecular formula is C27H26BrN5O3. The van der Waals surface area contributed by atoms with E-state index < -0.39 is 11.5 Å². The molecule has 1 spiro atoms. The van der Waals surface area contributed by atoms with Gasteiger partial charge in [-0.15, -0.1) is 0 Å². The summed E-state index contributed by atoms with van der Waals surface area (Å²) in [6, 6.07) is 13.5. The van der Waals surface area contributed by atoms with Gasteiger partial charge in [0.2, 0.25) is 11.8 Å². The highest BCUT2D eigenvalue weighted by atomic mass is 79.9. The number of anilines is 1. The minimum absolute atomic E-state index is 0.00961. The van der Waals surface area contributed by atoms with E-state index in [0.29, 0.717) is 25.8 Å². The van der Waals surface area contributed by atoms with Gasteiger partial charge in [-0.25, -0.2) is 0 Å². The molecular weight excluding hydrogens is 522 g/mol. The van der Waals surface area contributed by atoms with Gasteiger partial charge in [0.05, 0.1) is 29.3 Å². The predicted octanol–water partition coefficient (Wildman–Crippen LogP) is 4.45. The second-order valence-corrected chi connectivity index (χ2v) is 10.8. The molecule has 9 heteroatoms. The highest BCUT2D eigenvalue weighted by Gasteiger charge is 2.54. The summed E-state index contributed by atoms with van der Waals surface area (Å²) in [5, 5.41) is 17.4. The Labute approximate surface area is 217 Å². The Morgan fingerprint density at radius 2 is 2.08 bits per heavy atom. The number of H-pyrrole nitrogens is 1. The number of carbonyl (C=O) groups excluding carboxylic acids is 2. The summed E-state index contributed by atoms with van der Waals surface area (Å²) in [7, 11) is 0. The number of likely N-dealkylation sites (tertiary alicyclic amines) is 1. The van der Waals surface area contributed by atoms with E-state index in [-0.39, 0.29) is 24.5 Å². The molecule has 0 unspecified atom stereocenters. The average Bonchev–Trinajstić information content (AvgIpc) is 3.60. The van der Waals surface area contributed by atoms with Gasteiger partial charge in [-0.2, -0.15) is 10.4 Å². The van der Waals surface area contributed by atoms with E-state index in [0.717, 1.165) is 51.6 Å². The maximum absolute atomic E-state index is 14.0. The Balaban J connectivity index is 1.22. The number of aromatic amines is 1. The summed E-state index contributed by atoms with van der Waals surface area (Å²) in [5.41, 5.74) is 2.05. The van der Waals surface area contributed by atoms with Gasteiger partial charge in [0.1, 0.15) is 18.3 Å². The molecule has 2 aliphatic heterocycles. The van der Waals surface area contributed by atoms with E-state index in [2.05, 4.69) is 32.2 Å². The zero-order valence-corrected chi connectivity index (χ0v) is 21.3. The third-order valence-corrected chi connectivity index (χ3v) is 8.59. The highest BCUT2D eigenvalue weighted by Crippen LogP contribution is 2.53. The van der Waals surface area contributed by atoms with Crippen LogP contribution in [-0.4, -0.2) is 52.1 Å². The van der Waals surface area contributed by atoms with Gasteiger partial charge < -0.3 is 14.5 Å². The van der Waals surface area contributed by atoms with Crippen LogP contribution in [0.2, 0.25) is 0 Å². The number of amides is 2. The molecule has 1 aliphatic carbocycles. The van der Waals surface area contributed by atoms with Gasteiger partial charge >= 0.3 is 0 Å². The average molecular weight is 548 g/mol. The smallest absolute Gasteiger partial charge is 0.243 e. The van der Waals surface area contributed by atoms with Crippen molar-refractivity contribution in [1.82, 2.24) is 15.1 Å². The van der Waals surface area contributed by atoms with E-state index in [1.807, 2.05) is 36.4 Å². The number of rotatable bonds is 4. The fraction of sp³-hybridized carbons (Fsp3) is 0.407. The summed E-state index contributed by atoms with van der Waals surface area (Å²) < 4.78 is 7.20. The molecule has 1 saturated heterocycles. The molecule has 8 nitrogen and oxygen atoms in total. The summed E-state index contributed by atoms with van der Waals surface area (Å²) in [4.78, 5) is 30.4. The van der Waals surface area contributed by atoms with Crippen LogP contribution in [0.3, 0.4) is 0 Å². The van der Waals surface area contributed by atoms with Crippen molar-refractivity contribution in [2.24, 2.45) is 0 Å². The number of aromatic nitrogens is 2. The van der Waals surface area contributed by atoms with Crippen LogP contribution in [-0.2, 0) is 15.0 Å². The Morgan fingerprint density at radius 1 is 1.25 bits per heavy atom. The molecule has 6 rings (SSSR count). The molecule has 3 heterocycles. The van der Waals surface area contributed by atoms with Gasteiger partial charge in [-0.3, -0.25) is 14.7 Å². The topological polar surface area (TPSA) is 102 Å². The van der Waals surface area contributed by atoms with Crippen molar-refractivity contribution in [3.05, 3.63) is 52.6 Å². The van der Waals surface area contributed by atoms with Crippen molar-refractivity contribution in [3.8, 4) is 11.8 Å². The second-order valence-electron chi connectivity index (χ2n) is 9.92. The zero-order valence-electron chi connectivity index (χ0n) is 19.7. The van der Waals surface area contributed by atoms with Crippen molar-refractivity contribution < 1.29 is 14.3 Å². The molecule has 3 aromatic rings. The first-order valence-electron chi connectivity index (χ1n) is 12.4. The highest BCUT2D eigenvalue weighted by molar-refractivity contribution is 9.10. The minimum atomic E-state index is -0.677. The summed E-state index contributed by atoms with van der Waals surface area (Å²) in [6.45, 7) is 0.534. The number of halogens is 1. The number of nitriles is 1. The van der Waals surface area contributed by atoms with E-state index in [9.17, 15) is 14.9 Å². The molecule has 0 bridgehead atoms.